The van der Waals surface area contributed by atoms with E-state index in [0.29, 0.717) is 5.82 Å². The molecule has 0 aliphatic carbocycles. The van der Waals surface area contributed by atoms with E-state index < -0.39 is 0 Å². The van der Waals surface area contributed by atoms with Crippen molar-refractivity contribution < 1.29 is 4.39 Å². The molecule has 1 heterocycles. The average molecular weight is 364 g/mol. The van der Waals surface area contributed by atoms with Gasteiger partial charge in [-0.1, -0.05) is 24.3 Å². The van der Waals surface area contributed by atoms with Crippen LogP contribution in [-0.4, -0.2) is 4.98 Å². The van der Waals surface area contributed by atoms with Crippen LogP contribution in [0.4, 0.5) is 10.2 Å². The maximum Gasteiger partial charge on any atom is 0.137 e. The molecular weight excluding hydrogens is 354 g/mol. The molecule has 0 unspecified atom stereocenters. The molecule has 0 saturated carbocycles. The minimum Gasteiger partial charge on any atom is -0.383 e. The number of fused-ring (bicyclic) bond motifs is 1. The molecule has 2 nitrogen and oxygen atoms in total. The van der Waals surface area contributed by atoms with Gasteiger partial charge in [0, 0.05) is 17.0 Å². The zero-order valence-corrected chi connectivity index (χ0v) is 12.1. The van der Waals surface area contributed by atoms with Crippen molar-refractivity contribution in [1.82, 2.24) is 4.98 Å². The number of anilines is 1. The Labute approximate surface area is 123 Å². The number of aromatic nitrogens is 1. The van der Waals surface area contributed by atoms with Crippen molar-refractivity contribution >= 4 is 39.2 Å². The van der Waals surface area contributed by atoms with Crippen LogP contribution in [0.3, 0.4) is 0 Å². The highest BCUT2D eigenvalue weighted by molar-refractivity contribution is 14.1. The topological polar surface area (TPSA) is 38.9 Å². The zero-order valence-electron chi connectivity index (χ0n) is 9.90. The van der Waals surface area contributed by atoms with E-state index in [1.165, 1.54) is 12.1 Å². The van der Waals surface area contributed by atoms with Gasteiger partial charge in [-0.05, 0) is 51.9 Å². The molecule has 0 aliphatic heterocycles. The number of hydrogen-bond donors (Lipinski definition) is 1. The van der Waals surface area contributed by atoms with Crippen LogP contribution in [0, 0.1) is 9.39 Å². The smallest absolute Gasteiger partial charge is 0.137 e. The highest BCUT2D eigenvalue weighted by Gasteiger charge is 2.05. The van der Waals surface area contributed by atoms with Crippen molar-refractivity contribution in [2.24, 2.45) is 0 Å². The van der Waals surface area contributed by atoms with Crippen LogP contribution in [0.1, 0.15) is 0 Å². The Balaban J connectivity index is 2.17. The predicted molar refractivity (Wildman–Crippen MR) is 84.3 cm³/mol. The fourth-order valence-electron chi connectivity index (χ4n) is 2.03. The Bertz CT molecular complexity index is 754. The van der Waals surface area contributed by atoms with Gasteiger partial charge in [-0.15, -0.1) is 0 Å². The second-order valence-corrected chi connectivity index (χ2v) is 5.35. The summed E-state index contributed by atoms with van der Waals surface area (Å²) in [6.45, 7) is 0. The van der Waals surface area contributed by atoms with E-state index in [1.807, 2.05) is 18.2 Å². The van der Waals surface area contributed by atoms with Gasteiger partial charge in [0.1, 0.15) is 11.6 Å². The molecule has 0 aliphatic rings. The molecule has 0 saturated heterocycles. The minimum absolute atomic E-state index is 0.228. The fraction of sp³-hybridized carbons (Fsp3) is 0. The molecule has 0 fully saturated rings. The molecule has 0 radical (unpaired) electrons. The van der Waals surface area contributed by atoms with Gasteiger partial charge < -0.3 is 5.73 Å². The Hall–Kier alpha value is -1.69. The van der Waals surface area contributed by atoms with E-state index in [-0.39, 0.29) is 5.82 Å². The van der Waals surface area contributed by atoms with Gasteiger partial charge in [-0.25, -0.2) is 9.37 Å². The van der Waals surface area contributed by atoms with Gasteiger partial charge >= 0.3 is 0 Å². The number of nitrogen functional groups attached to an aromatic ring is 1. The van der Waals surface area contributed by atoms with Crippen LogP contribution in [0.15, 0.2) is 48.7 Å². The minimum atomic E-state index is -0.228. The first-order valence-electron chi connectivity index (χ1n) is 5.75. The van der Waals surface area contributed by atoms with Crippen LogP contribution in [0.25, 0.3) is 21.9 Å². The lowest BCUT2D eigenvalue weighted by molar-refractivity contribution is 0.628. The number of hydrogen-bond acceptors (Lipinski definition) is 2. The molecule has 2 aromatic carbocycles. The predicted octanol–water partition coefficient (Wildman–Crippen LogP) is 4.23. The number of rotatable bonds is 1. The summed E-state index contributed by atoms with van der Waals surface area (Å²) in [7, 11) is 0. The quantitative estimate of drug-likeness (QED) is 0.657. The lowest BCUT2D eigenvalue weighted by Crippen LogP contribution is -1.94. The van der Waals surface area contributed by atoms with Gasteiger partial charge in [0.05, 0.1) is 3.57 Å². The van der Waals surface area contributed by atoms with Gasteiger partial charge in [0.15, 0.2) is 0 Å². The van der Waals surface area contributed by atoms with E-state index in [4.69, 9.17) is 5.73 Å². The summed E-state index contributed by atoms with van der Waals surface area (Å²) in [5, 5.41) is 2.11. The molecule has 19 heavy (non-hydrogen) atoms. The third-order valence-corrected chi connectivity index (χ3v) is 4.17. The molecule has 4 heteroatoms. The molecule has 94 valence electrons. The maximum absolute atomic E-state index is 12.9. The Morgan fingerprint density at radius 3 is 2.42 bits per heavy atom. The second kappa shape index (κ2) is 4.77. The van der Waals surface area contributed by atoms with Gasteiger partial charge in [0.25, 0.3) is 0 Å². The van der Waals surface area contributed by atoms with E-state index in [2.05, 4.69) is 27.6 Å². The molecule has 0 bridgehead atoms. The number of nitrogens with two attached hydrogens (primary N) is 1. The molecule has 3 aromatic rings. The normalized spacial score (nSPS) is 10.8. The lowest BCUT2D eigenvalue weighted by atomic mass is 10.0. The van der Waals surface area contributed by atoms with Crippen molar-refractivity contribution in [3.63, 3.8) is 0 Å². The highest BCUT2D eigenvalue weighted by atomic mass is 127. The summed E-state index contributed by atoms with van der Waals surface area (Å²) in [5.41, 5.74) is 7.81. The molecule has 3 rings (SSSR count). The van der Waals surface area contributed by atoms with E-state index in [9.17, 15) is 4.39 Å². The summed E-state index contributed by atoms with van der Waals surface area (Å²) in [6.07, 6.45) is 1.76. The second-order valence-electron chi connectivity index (χ2n) is 4.27. The number of nitrogens with zero attached hydrogens (tertiary/aromatic N) is 1. The van der Waals surface area contributed by atoms with Crippen molar-refractivity contribution in [2.45, 2.75) is 0 Å². The monoisotopic (exact) mass is 364 g/mol. The van der Waals surface area contributed by atoms with E-state index in [1.54, 1.807) is 18.3 Å². The summed E-state index contributed by atoms with van der Waals surface area (Å²) < 4.78 is 13.9. The highest BCUT2D eigenvalue weighted by Crippen LogP contribution is 2.28. The van der Waals surface area contributed by atoms with Crippen LogP contribution >= 0.6 is 22.6 Å². The average Bonchev–Trinajstić information content (AvgIpc) is 2.43. The van der Waals surface area contributed by atoms with Crippen molar-refractivity contribution in [1.29, 1.82) is 0 Å². The third-order valence-electron chi connectivity index (χ3n) is 3.03. The fourth-order valence-corrected chi connectivity index (χ4v) is 2.66. The van der Waals surface area contributed by atoms with Crippen molar-refractivity contribution in [3.8, 4) is 11.1 Å². The molecule has 0 spiro atoms. The summed E-state index contributed by atoms with van der Waals surface area (Å²) in [6, 6.07) is 12.5. The van der Waals surface area contributed by atoms with Crippen molar-refractivity contribution in [2.75, 3.05) is 5.73 Å². The number of halogens is 2. The Kier molecular flexibility index (Phi) is 3.10. The molecular formula is C15H10FIN2. The Morgan fingerprint density at radius 2 is 1.68 bits per heavy atom. The molecule has 0 amide bonds. The summed E-state index contributed by atoms with van der Waals surface area (Å²) in [5.74, 6) is 0.316. The van der Waals surface area contributed by atoms with Crippen LogP contribution < -0.4 is 5.73 Å². The number of benzene rings is 2. The van der Waals surface area contributed by atoms with Gasteiger partial charge in [-0.3, -0.25) is 0 Å². The molecule has 2 N–H and O–H groups in total. The molecule has 1 aromatic heterocycles. The maximum atomic E-state index is 12.9. The first-order chi connectivity index (χ1) is 9.15. The van der Waals surface area contributed by atoms with Gasteiger partial charge in [0.2, 0.25) is 0 Å². The number of pyridine rings is 1. The Morgan fingerprint density at radius 1 is 1.00 bits per heavy atom. The van der Waals surface area contributed by atoms with Crippen LogP contribution in [0.2, 0.25) is 0 Å². The van der Waals surface area contributed by atoms with Gasteiger partial charge in [-0.2, -0.15) is 0 Å². The first-order valence-corrected chi connectivity index (χ1v) is 6.83. The first kappa shape index (κ1) is 12.3. The zero-order chi connectivity index (χ0) is 13.4. The van der Waals surface area contributed by atoms with E-state index in [0.717, 1.165) is 25.5 Å². The summed E-state index contributed by atoms with van der Waals surface area (Å²) >= 11 is 2.20. The van der Waals surface area contributed by atoms with Crippen molar-refractivity contribution in [3.05, 3.63) is 58.0 Å². The van der Waals surface area contributed by atoms with E-state index >= 15 is 0 Å². The standard InChI is InChI=1S/C15H10FIN2/c16-12-4-1-9(2-5-12)10-3-6-13-11(7-10)8-19-15(18)14(13)17/h1-8H,(H2,18,19). The third kappa shape index (κ3) is 2.28. The lowest BCUT2D eigenvalue weighted by Gasteiger charge is -2.06. The summed E-state index contributed by atoms with van der Waals surface area (Å²) in [4.78, 5) is 4.17. The molecule has 0 atom stereocenters. The van der Waals surface area contributed by atoms with Crippen LogP contribution in [-0.2, 0) is 0 Å². The van der Waals surface area contributed by atoms with Crippen LogP contribution in [0.5, 0.6) is 0 Å². The largest absolute Gasteiger partial charge is 0.383 e. The SMILES string of the molecule is Nc1ncc2cc(-c3ccc(F)cc3)ccc2c1I.